The Bertz CT molecular complexity index is 891. The number of rotatable bonds is 4. The highest BCUT2D eigenvalue weighted by molar-refractivity contribution is 7.89. The van der Waals surface area contributed by atoms with Gasteiger partial charge in [0.25, 0.3) is 5.91 Å². The molecule has 2 N–H and O–H groups in total. The molecule has 0 aromatic heterocycles. The zero-order chi connectivity index (χ0) is 17.3. The van der Waals surface area contributed by atoms with Gasteiger partial charge in [0.05, 0.1) is 10.9 Å². The molecule has 1 aliphatic carbocycles. The number of hydrogen-bond acceptors (Lipinski definition) is 3. The van der Waals surface area contributed by atoms with E-state index < -0.39 is 10.0 Å². The average molecular weight is 344 g/mol. The van der Waals surface area contributed by atoms with E-state index in [0.29, 0.717) is 5.56 Å². The molecule has 2 aromatic carbocycles. The molecule has 0 heterocycles. The van der Waals surface area contributed by atoms with Gasteiger partial charge in [-0.05, 0) is 55.6 Å². The number of nitrogens with one attached hydrogen (secondary N) is 2. The highest BCUT2D eigenvalue weighted by Crippen LogP contribution is 2.31. The maximum absolute atomic E-state index is 12.7. The number of amides is 1. The first-order chi connectivity index (χ1) is 11.4. The van der Waals surface area contributed by atoms with Crippen molar-refractivity contribution in [1.29, 1.82) is 0 Å². The quantitative estimate of drug-likeness (QED) is 0.894. The number of benzene rings is 2. The highest BCUT2D eigenvalue weighted by atomic mass is 32.2. The second kappa shape index (κ2) is 6.37. The van der Waals surface area contributed by atoms with Crippen LogP contribution in [-0.2, 0) is 16.4 Å². The van der Waals surface area contributed by atoms with Gasteiger partial charge in [0.2, 0.25) is 10.0 Å². The fraction of sp³-hybridized carbons (Fsp3) is 0.278. The minimum atomic E-state index is -3.58. The van der Waals surface area contributed by atoms with Gasteiger partial charge in [0.1, 0.15) is 0 Å². The van der Waals surface area contributed by atoms with Crippen LogP contribution in [0, 0.1) is 6.92 Å². The molecular weight excluding hydrogens is 324 g/mol. The molecule has 5 nitrogen and oxygen atoms in total. The van der Waals surface area contributed by atoms with Crippen molar-refractivity contribution in [3.63, 3.8) is 0 Å². The third-order valence-corrected chi connectivity index (χ3v) is 5.88. The molecule has 0 aliphatic heterocycles. The second-order valence-electron chi connectivity index (χ2n) is 5.95. The highest BCUT2D eigenvalue weighted by Gasteiger charge is 2.25. The number of aryl methyl sites for hydroxylation is 2. The lowest BCUT2D eigenvalue weighted by molar-refractivity contribution is 0.0936. The summed E-state index contributed by atoms with van der Waals surface area (Å²) in [5, 5.41) is 3.03. The Morgan fingerprint density at radius 2 is 1.92 bits per heavy atom. The van der Waals surface area contributed by atoms with Crippen molar-refractivity contribution in [2.75, 3.05) is 7.05 Å². The van der Waals surface area contributed by atoms with Gasteiger partial charge in [-0.1, -0.05) is 30.3 Å². The Balaban J connectivity index is 1.87. The molecule has 0 radical (unpaired) electrons. The number of hydrogen-bond donors (Lipinski definition) is 2. The summed E-state index contributed by atoms with van der Waals surface area (Å²) in [6.07, 6.45) is 1.80. The molecule has 0 bridgehead atoms. The Morgan fingerprint density at radius 3 is 2.67 bits per heavy atom. The van der Waals surface area contributed by atoms with Crippen LogP contribution in [0.3, 0.4) is 0 Å². The van der Waals surface area contributed by atoms with Crippen molar-refractivity contribution >= 4 is 15.9 Å². The molecule has 1 atom stereocenters. The molecule has 1 aliphatic rings. The van der Waals surface area contributed by atoms with Gasteiger partial charge in [-0.3, -0.25) is 4.79 Å². The van der Waals surface area contributed by atoms with Crippen molar-refractivity contribution < 1.29 is 13.2 Å². The van der Waals surface area contributed by atoms with Gasteiger partial charge >= 0.3 is 0 Å². The topological polar surface area (TPSA) is 75.3 Å². The molecule has 0 spiro atoms. The van der Waals surface area contributed by atoms with Crippen molar-refractivity contribution in [1.82, 2.24) is 10.0 Å². The van der Waals surface area contributed by atoms with E-state index in [1.165, 1.54) is 24.7 Å². The summed E-state index contributed by atoms with van der Waals surface area (Å²) in [5.74, 6) is -0.248. The summed E-state index contributed by atoms with van der Waals surface area (Å²) in [4.78, 5) is 12.8. The fourth-order valence-corrected chi connectivity index (χ4v) is 3.83. The third-order valence-electron chi connectivity index (χ3n) is 4.47. The van der Waals surface area contributed by atoms with Crippen molar-refractivity contribution in [3.05, 3.63) is 64.7 Å². The van der Waals surface area contributed by atoms with E-state index in [0.717, 1.165) is 24.0 Å². The Kier molecular flexibility index (Phi) is 4.43. The molecule has 1 amide bonds. The first-order valence-corrected chi connectivity index (χ1v) is 9.33. The molecular formula is C18H20N2O3S. The van der Waals surface area contributed by atoms with Gasteiger partial charge in [-0.2, -0.15) is 0 Å². The summed E-state index contributed by atoms with van der Waals surface area (Å²) in [7, 11) is -2.23. The number of fused-ring (bicyclic) bond motifs is 1. The van der Waals surface area contributed by atoms with E-state index >= 15 is 0 Å². The average Bonchev–Trinajstić information content (AvgIpc) is 2.98. The summed E-state index contributed by atoms with van der Waals surface area (Å²) in [6.45, 7) is 1.80. The fourth-order valence-electron chi connectivity index (χ4n) is 3.07. The largest absolute Gasteiger partial charge is 0.345 e. The monoisotopic (exact) mass is 344 g/mol. The number of carbonyl (C=O) groups is 1. The van der Waals surface area contributed by atoms with Crippen LogP contribution in [-0.4, -0.2) is 21.4 Å². The van der Waals surface area contributed by atoms with Crippen LogP contribution >= 0.6 is 0 Å². The maximum Gasteiger partial charge on any atom is 0.252 e. The normalized spacial score (nSPS) is 16.7. The van der Waals surface area contributed by atoms with E-state index in [4.69, 9.17) is 0 Å². The Labute approximate surface area is 142 Å². The van der Waals surface area contributed by atoms with E-state index in [9.17, 15) is 13.2 Å². The van der Waals surface area contributed by atoms with Crippen LogP contribution in [0.4, 0.5) is 0 Å². The maximum atomic E-state index is 12.7. The van der Waals surface area contributed by atoms with Gasteiger partial charge < -0.3 is 5.32 Å². The minimum Gasteiger partial charge on any atom is -0.345 e. The third kappa shape index (κ3) is 3.07. The van der Waals surface area contributed by atoms with Crippen LogP contribution < -0.4 is 10.0 Å². The van der Waals surface area contributed by atoms with Crippen LogP contribution in [0.5, 0.6) is 0 Å². The molecule has 0 fully saturated rings. The second-order valence-corrected chi connectivity index (χ2v) is 7.83. The van der Waals surface area contributed by atoms with Gasteiger partial charge in [-0.15, -0.1) is 0 Å². The van der Waals surface area contributed by atoms with Gasteiger partial charge in [-0.25, -0.2) is 13.1 Å². The van der Waals surface area contributed by atoms with Crippen LogP contribution in [0.15, 0.2) is 47.4 Å². The molecule has 126 valence electrons. The first kappa shape index (κ1) is 16.7. The minimum absolute atomic E-state index is 0.0299. The smallest absolute Gasteiger partial charge is 0.252 e. The summed E-state index contributed by atoms with van der Waals surface area (Å²) >= 11 is 0. The molecule has 24 heavy (non-hydrogen) atoms. The molecule has 0 saturated carbocycles. The first-order valence-electron chi connectivity index (χ1n) is 7.85. The van der Waals surface area contributed by atoms with E-state index in [-0.39, 0.29) is 16.8 Å². The summed E-state index contributed by atoms with van der Waals surface area (Å²) < 4.78 is 26.2. The van der Waals surface area contributed by atoms with Crippen LogP contribution in [0.1, 0.15) is 39.5 Å². The van der Waals surface area contributed by atoms with E-state index in [2.05, 4.69) is 16.1 Å². The summed E-state index contributed by atoms with van der Waals surface area (Å²) in [5.41, 5.74) is 3.53. The Hall–Kier alpha value is -2.18. The zero-order valence-corrected chi connectivity index (χ0v) is 14.5. The molecule has 0 saturated heterocycles. The van der Waals surface area contributed by atoms with Gasteiger partial charge in [0, 0.05) is 5.56 Å². The number of sulfonamides is 1. The van der Waals surface area contributed by atoms with Gasteiger partial charge in [0.15, 0.2) is 0 Å². The van der Waals surface area contributed by atoms with E-state index in [1.54, 1.807) is 13.0 Å². The van der Waals surface area contributed by atoms with Crippen molar-refractivity contribution in [3.8, 4) is 0 Å². The lowest BCUT2D eigenvalue weighted by Crippen LogP contribution is -2.28. The Morgan fingerprint density at radius 1 is 1.17 bits per heavy atom. The summed E-state index contributed by atoms with van der Waals surface area (Å²) in [6, 6.07) is 12.6. The SMILES string of the molecule is CNS(=O)(=O)c1ccc(C)c(C(=O)N[C@H]2CCc3ccccc32)c1. The van der Waals surface area contributed by atoms with Crippen LogP contribution in [0.25, 0.3) is 0 Å². The lowest BCUT2D eigenvalue weighted by Gasteiger charge is -2.16. The lowest BCUT2D eigenvalue weighted by atomic mass is 10.1. The predicted octanol–water partition coefficient (Wildman–Crippen LogP) is 2.32. The van der Waals surface area contributed by atoms with Crippen molar-refractivity contribution in [2.24, 2.45) is 0 Å². The zero-order valence-electron chi connectivity index (χ0n) is 13.7. The van der Waals surface area contributed by atoms with Crippen LogP contribution in [0.2, 0.25) is 0 Å². The van der Waals surface area contributed by atoms with E-state index in [1.807, 2.05) is 18.2 Å². The molecule has 0 unspecified atom stereocenters. The number of carbonyl (C=O) groups excluding carboxylic acids is 1. The molecule has 6 heteroatoms. The molecule has 2 aromatic rings. The standard InChI is InChI=1S/C18H20N2O3S/c1-12-7-9-14(24(22,23)19-2)11-16(12)18(21)20-17-10-8-13-5-3-4-6-15(13)17/h3-7,9,11,17,19H,8,10H2,1-2H3,(H,20,21)/t17-/m0/s1. The molecule has 3 rings (SSSR count). The predicted molar refractivity (Wildman–Crippen MR) is 92.4 cm³/mol. The van der Waals surface area contributed by atoms with Crippen molar-refractivity contribution in [2.45, 2.75) is 30.7 Å².